The van der Waals surface area contributed by atoms with Gasteiger partial charge in [0, 0.05) is 18.8 Å². The van der Waals surface area contributed by atoms with Gasteiger partial charge < -0.3 is 10.2 Å². The van der Waals surface area contributed by atoms with Gasteiger partial charge in [0.2, 0.25) is 10.0 Å². The summed E-state index contributed by atoms with van der Waals surface area (Å²) in [5, 5.41) is 0. The van der Waals surface area contributed by atoms with Gasteiger partial charge in [-0.3, -0.25) is 5.84 Å². The fourth-order valence-corrected chi connectivity index (χ4v) is 3.25. The van der Waals surface area contributed by atoms with E-state index >= 15 is 0 Å². The molecule has 1 fully saturated rings. The number of nitrogens with two attached hydrogens (primary N) is 1. The zero-order valence-corrected chi connectivity index (χ0v) is 12.2. The number of sulfonamides is 1. The van der Waals surface area contributed by atoms with Crippen molar-refractivity contribution in [1.29, 1.82) is 0 Å². The van der Waals surface area contributed by atoms with Gasteiger partial charge in [-0.2, -0.15) is 0 Å². The largest absolute Gasteiger partial charge is 0.378 e. The third-order valence-corrected chi connectivity index (χ3v) is 4.84. The van der Waals surface area contributed by atoms with Gasteiger partial charge in [-0.15, -0.1) is 0 Å². The molecule has 1 atom stereocenters. The van der Waals surface area contributed by atoms with Gasteiger partial charge in [0.15, 0.2) is 0 Å². The number of anilines is 1. The lowest BCUT2D eigenvalue weighted by atomic mass is 10.1. The van der Waals surface area contributed by atoms with E-state index in [-0.39, 0.29) is 11.0 Å². The van der Waals surface area contributed by atoms with E-state index in [1.54, 1.807) is 12.1 Å². The minimum absolute atomic E-state index is 0.176. The molecular weight excluding hydrogens is 278 g/mol. The molecule has 7 heteroatoms. The number of hydrogen-bond acceptors (Lipinski definition) is 5. The predicted octanol–water partition coefficient (Wildman–Crippen LogP) is 1.21. The maximum Gasteiger partial charge on any atom is 0.240 e. The second kappa shape index (κ2) is 7.03. The van der Waals surface area contributed by atoms with Crippen LogP contribution >= 0.6 is 0 Å². The first-order valence-corrected chi connectivity index (χ1v) is 8.28. The number of nitrogen functional groups attached to an aromatic ring is 1. The molecule has 1 unspecified atom stereocenters. The molecule has 2 rings (SSSR count). The highest BCUT2D eigenvalue weighted by Crippen LogP contribution is 2.16. The molecule has 1 aromatic rings. The number of hydrazine groups is 1. The lowest BCUT2D eigenvalue weighted by Gasteiger charge is -2.22. The van der Waals surface area contributed by atoms with Crippen LogP contribution in [0.4, 0.5) is 5.69 Å². The van der Waals surface area contributed by atoms with Crippen LogP contribution in [0.3, 0.4) is 0 Å². The first kappa shape index (κ1) is 15.2. The quantitative estimate of drug-likeness (QED) is 0.542. The van der Waals surface area contributed by atoms with Crippen LogP contribution in [0.25, 0.3) is 0 Å². The molecule has 1 aliphatic heterocycles. The maximum absolute atomic E-state index is 12.1. The molecule has 0 saturated carbocycles. The summed E-state index contributed by atoms with van der Waals surface area (Å²) in [6.07, 6.45) is 4.16. The van der Waals surface area contributed by atoms with E-state index in [4.69, 9.17) is 10.6 Å². The van der Waals surface area contributed by atoms with Crippen LogP contribution in [0.5, 0.6) is 0 Å². The molecule has 112 valence electrons. The van der Waals surface area contributed by atoms with Crippen molar-refractivity contribution >= 4 is 15.7 Å². The summed E-state index contributed by atoms with van der Waals surface area (Å²) < 4.78 is 32.3. The monoisotopic (exact) mass is 299 g/mol. The van der Waals surface area contributed by atoms with Gasteiger partial charge in [0.25, 0.3) is 0 Å². The molecule has 1 saturated heterocycles. The molecule has 4 N–H and O–H groups in total. The lowest BCUT2D eigenvalue weighted by molar-refractivity contribution is 0.0123. The van der Waals surface area contributed by atoms with Crippen molar-refractivity contribution in [2.45, 2.75) is 36.7 Å². The Bertz CT molecular complexity index is 510. The van der Waals surface area contributed by atoms with Crippen molar-refractivity contribution in [3.63, 3.8) is 0 Å². The normalized spacial score (nSPS) is 19.8. The minimum atomic E-state index is -3.46. The Kier molecular flexibility index (Phi) is 5.36. The average Bonchev–Trinajstić information content (AvgIpc) is 2.48. The number of hydrogen-bond donors (Lipinski definition) is 3. The van der Waals surface area contributed by atoms with E-state index < -0.39 is 10.0 Å². The van der Waals surface area contributed by atoms with Crippen LogP contribution in [-0.4, -0.2) is 27.7 Å². The summed E-state index contributed by atoms with van der Waals surface area (Å²) in [7, 11) is -3.46. The smallest absolute Gasteiger partial charge is 0.240 e. The topological polar surface area (TPSA) is 93.5 Å². The van der Waals surface area contributed by atoms with Gasteiger partial charge in [-0.25, -0.2) is 13.1 Å². The molecular formula is C13H21N3O3S. The van der Waals surface area contributed by atoms with E-state index in [1.165, 1.54) is 12.1 Å². The minimum Gasteiger partial charge on any atom is -0.378 e. The van der Waals surface area contributed by atoms with Gasteiger partial charge in [0.05, 0.1) is 11.0 Å². The van der Waals surface area contributed by atoms with E-state index in [9.17, 15) is 8.42 Å². The summed E-state index contributed by atoms with van der Waals surface area (Å²) in [4.78, 5) is 0.237. The van der Waals surface area contributed by atoms with Crippen molar-refractivity contribution in [1.82, 2.24) is 4.72 Å². The lowest BCUT2D eigenvalue weighted by Crippen LogP contribution is -2.29. The molecule has 20 heavy (non-hydrogen) atoms. The molecule has 1 heterocycles. The van der Waals surface area contributed by atoms with Crippen molar-refractivity contribution < 1.29 is 13.2 Å². The van der Waals surface area contributed by atoms with Crippen LogP contribution < -0.4 is 16.0 Å². The molecule has 6 nitrogen and oxygen atoms in total. The zero-order valence-electron chi connectivity index (χ0n) is 11.3. The fraction of sp³-hybridized carbons (Fsp3) is 0.538. The van der Waals surface area contributed by atoms with Gasteiger partial charge >= 0.3 is 0 Å². The molecule has 1 aliphatic rings. The van der Waals surface area contributed by atoms with Crippen LogP contribution in [-0.2, 0) is 14.8 Å². The molecule has 0 radical (unpaired) electrons. The summed E-state index contributed by atoms with van der Waals surface area (Å²) in [5.74, 6) is 5.24. The van der Waals surface area contributed by atoms with E-state index in [0.717, 1.165) is 25.9 Å². The number of nitrogens with one attached hydrogen (secondary N) is 2. The van der Waals surface area contributed by atoms with Crippen molar-refractivity contribution in [2.75, 3.05) is 18.6 Å². The van der Waals surface area contributed by atoms with Crippen LogP contribution in [0.15, 0.2) is 29.2 Å². The first-order valence-electron chi connectivity index (χ1n) is 6.80. The summed E-state index contributed by atoms with van der Waals surface area (Å²) in [6, 6.07) is 6.29. The second-order valence-electron chi connectivity index (χ2n) is 4.84. The molecule has 0 aliphatic carbocycles. The van der Waals surface area contributed by atoms with Crippen LogP contribution in [0.1, 0.15) is 25.7 Å². The highest BCUT2D eigenvalue weighted by molar-refractivity contribution is 7.89. The standard InChI is InChI=1S/C13H21N3O3S/c14-16-11-4-6-13(7-5-11)20(17,18)15-9-8-12-3-1-2-10-19-12/h4-7,12,15-16H,1-3,8-10,14H2. The molecule has 0 spiro atoms. The van der Waals surface area contributed by atoms with Gasteiger partial charge in [-0.05, 0) is 49.9 Å². The molecule has 0 amide bonds. The summed E-state index contributed by atoms with van der Waals surface area (Å²) in [6.45, 7) is 1.18. The Labute approximate surface area is 119 Å². The average molecular weight is 299 g/mol. The highest BCUT2D eigenvalue weighted by atomic mass is 32.2. The Balaban J connectivity index is 1.86. The van der Waals surface area contributed by atoms with Crippen LogP contribution in [0.2, 0.25) is 0 Å². The Morgan fingerprint density at radius 2 is 2.00 bits per heavy atom. The summed E-state index contributed by atoms with van der Waals surface area (Å²) in [5.41, 5.74) is 3.13. The van der Waals surface area contributed by atoms with Gasteiger partial charge in [-0.1, -0.05) is 0 Å². The predicted molar refractivity (Wildman–Crippen MR) is 77.6 cm³/mol. The third kappa shape index (κ3) is 4.17. The van der Waals surface area contributed by atoms with Crippen molar-refractivity contribution in [2.24, 2.45) is 5.84 Å². The number of benzene rings is 1. The highest BCUT2D eigenvalue weighted by Gasteiger charge is 2.17. The van der Waals surface area contributed by atoms with E-state index in [2.05, 4.69) is 10.1 Å². The number of ether oxygens (including phenoxy) is 1. The molecule has 1 aromatic carbocycles. The van der Waals surface area contributed by atoms with Crippen molar-refractivity contribution in [3.8, 4) is 0 Å². The SMILES string of the molecule is NNc1ccc(S(=O)(=O)NCCC2CCCCO2)cc1. The van der Waals surface area contributed by atoms with Gasteiger partial charge in [0.1, 0.15) is 0 Å². The van der Waals surface area contributed by atoms with Crippen molar-refractivity contribution in [3.05, 3.63) is 24.3 Å². The maximum atomic E-state index is 12.1. The van der Waals surface area contributed by atoms with E-state index in [1.807, 2.05) is 0 Å². The second-order valence-corrected chi connectivity index (χ2v) is 6.61. The Morgan fingerprint density at radius 3 is 2.60 bits per heavy atom. The van der Waals surface area contributed by atoms with E-state index in [0.29, 0.717) is 18.7 Å². The third-order valence-electron chi connectivity index (χ3n) is 3.36. The first-order chi connectivity index (χ1) is 9.62. The number of rotatable bonds is 6. The Hall–Kier alpha value is -1.15. The zero-order chi connectivity index (χ0) is 14.4. The Morgan fingerprint density at radius 1 is 1.25 bits per heavy atom. The van der Waals surface area contributed by atoms with Crippen LogP contribution in [0, 0.1) is 0 Å². The molecule has 0 bridgehead atoms. The fourth-order valence-electron chi connectivity index (χ4n) is 2.20. The summed E-state index contributed by atoms with van der Waals surface area (Å²) >= 11 is 0. The molecule has 0 aromatic heterocycles.